The summed E-state index contributed by atoms with van der Waals surface area (Å²) in [5.74, 6) is -0.485. The Hall–Kier alpha value is -2.38. The second-order valence-corrected chi connectivity index (χ2v) is 9.46. The van der Waals surface area contributed by atoms with Crippen LogP contribution in [0.5, 0.6) is 0 Å². The molecule has 0 amide bonds. The van der Waals surface area contributed by atoms with Gasteiger partial charge in [-0.15, -0.1) is 0 Å². The zero-order valence-corrected chi connectivity index (χ0v) is 18.1. The van der Waals surface area contributed by atoms with Crippen molar-refractivity contribution in [2.75, 3.05) is 12.8 Å². The Morgan fingerprint density at radius 2 is 1.87 bits per heavy atom. The molecule has 2 aromatic carbocycles. The molecule has 7 heteroatoms. The third-order valence-electron chi connectivity index (χ3n) is 5.78. The molecular weight excluding hydrogens is 403 g/mol. The van der Waals surface area contributed by atoms with Crippen molar-refractivity contribution in [2.24, 2.45) is 15.9 Å². The average Bonchev–Trinajstić information content (AvgIpc) is 2.67. The molecule has 0 saturated heterocycles. The van der Waals surface area contributed by atoms with Crippen molar-refractivity contribution < 1.29 is 17.0 Å². The van der Waals surface area contributed by atoms with Gasteiger partial charge < -0.3 is 0 Å². The lowest BCUT2D eigenvalue weighted by Gasteiger charge is -2.36. The predicted molar refractivity (Wildman–Crippen MR) is 119 cm³/mol. The maximum Gasteiger partial charge on any atom is 0.264 e. The number of halogens is 1. The normalized spacial score (nSPS) is 22.2. The molecule has 0 aromatic heterocycles. The molecule has 4 atom stereocenters. The molecule has 0 N–H and O–H groups in total. The summed E-state index contributed by atoms with van der Waals surface area (Å²) in [5, 5.41) is 0. The summed E-state index contributed by atoms with van der Waals surface area (Å²) in [5.41, 5.74) is 4.09. The van der Waals surface area contributed by atoms with Crippen LogP contribution in [0.1, 0.15) is 47.6 Å². The van der Waals surface area contributed by atoms with Gasteiger partial charge in [0, 0.05) is 0 Å². The lowest BCUT2D eigenvalue weighted by atomic mass is 9.72. The van der Waals surface area contributed by atoms with Crippen molar-refractivity contribution >= 4 is 23.6 Å². The molecule has 160 valence electrons. The van der Waals surface area contributed by atoms with Crippen LogP contribution in [-0.4, -0.2) is 40.8 Å². The van der Waals surface area contributed by atoms with Crippen LogP contribution in [0.15, 0.2) is 52.4 Å². The van der Waals surface area contributed by atoms with Crippen molar-refractivity contribution in [1.82, 2.24) is 0 Å². The zero-order valence-electron chi connectivity index (χ0n) is 17.3. The number of nitrogens with zero attached hydrogens (tertiary/aromatic N) is 2. The predicted octanol–water partition coefficient (Wildman–Crippen LogP) is 4.33. The zero-order chi connectivity index (χ0) is 21.9. The van der Waals surface area contributed by atoms with Gasteiger partial charge >= 0.3 is 0 Å². The number of hydrogen-bond acceptors (Lipinski definition) is 5. The topological polar surface area (TPSA) is 68.1 Å². The van der Waals surface area contributed by atoms with Gasteiger partial charge in [0.2, 0.25) is 0 Å². The Kier molecular flexibility index (Phi) is 6.83. The first-order chi connectivity index (χ1) is 14.2. The minimum absolute atomic E-state index is 0.0172. The van der Waals surface area contributed by atoms with Crippen LogP contribution in [-0.2, 0) is 20.7 Å². The molecular formula is C23H27FN2O3S. The molecule has 0 heterocycles. The summed E-state index contributed by atoms with van der Waals surface area (Å²) in [6, 6.07) is 12.5. The van der Waals surface area contributed by atoms with Gasteiger partial charge in [0.25, 0.3) is 10.1 Å². The number of fused-ring (bicyclic) bond motifs is 2. The largest absolute Gasteiger partial charge is 0.298 e. The van der Waals surface area contributed by atoms with E-state index in [1.807, 2.05) is 12.1 Å². The quantitative estimate of drug-likeness (QED) is 0.485. The molecule has 5 nitrogen and oxygen atoms in total. The van der Waals surface area contributed by atoms with Crippen LogP contribution in [0.4, 0.5) is 4.39 Å². The molecule has 0 bridgehead atoms. The fourth-order valence-corrected chi connectivity index (χ4v) is 5.12. The third-order valence-corrected chi connectivity index (χ3v) is 6.40. The first kappa shape index (κ1) is 22.3. The molecule has 3 rings (SSSR count). The van der Waals surface area contributed by atoms with Gasteiger partial charge in [0.1, 0.15) is 5.82 Å². The number of aliphatic imine (C=N–C) groups is 2. The van der Waals surface area contributed by atoms with Crippen LogP contribution in [0.25, 0.3) is 0 Å². The first-order valence-electron chi connectivity index (χ1n) is 9.86. The summed E-state index contributed by atoms with van der Waals surface area (Å²) < 4.78 is 43.0. The summed E-state index contributed by atoms with van der Waals surface area (Å²) in [6.07, 6.45) is 1.37. The van der Waals surface area contributed by atoms with E-state index in [1.54, 1.807) is 6.07 Å². The highest BCUT2D eigenvalue weighted by atomic mass is 32.2. The third kappa shape index (κ3) is 5.02. The summed E-state index contributed by atoms with van der Waals surface area (Å²) in [7, 11) is -3.68. The number of rotatable bonds is 7. The van der Waals surface area contributed by atoms with E-state index in [2.05, 4.69) is 42.5 Å². The Labute approximate surface area is 177 Å². The van der Waals surface area contributed by atoms with Crippen LogP contribution in [0, 0.1) is 11.7 Å². The maximum atomic E-state index is 14.2. The maximum absolute atomic E-state index is 14.2. The van der Waals surface area contributed by atoms with Gasteiger partial charge in [0.05, 0.1) is 24.9 Å². The van der Waals surface area contributed by atoms with Crippen molar-refractivity contribution in [3.63, 3.8) is 0 Å². The van der Waals surface area contributed by atoms with E-state index in [9.17, 15) is 12.8 Å². The molecule has 0 spiro atoms. The van der Waals surface area contributed by atoms with Crippen molar-refractivity contribution in [1.29, 1.82) is 0 Å². The van der Waals surface area contributed by atoms with Crippen LogP contribution < -0.4 is 0 Å². The van der Waals surface area contributed by atoms with Crippen LogP contribution >= 0.6 is 0 Å². The van der Waals surface area contributed by atoms with Crippen LogP contribution in [0.2, 0.25) is 0 Å². The first-order valence-corrected chi connectivity index (χ1v) is 11.7. The van der Waals surface area contributed by atoms with E-state index in [0.717, 1.165) is 28.5 Å². The van der Waals surface area contributed by atoms with E-state index in [0.29, 0.717) is 12.8 Å². The number of hydrogen-bond donors (Lipinski definition) is 0. The summed E-state index contributed by atoms with van der Waals surface area (Å²) in [6.45, 7) is 9.50. The highest BCUT2D eigenvalue weighted by Crippen LogP contribution is 2.44. The lowest BCUT2D eigenvalue weighted by molar-refractivity contribution is 0.164. The fraction of sp³-hybridized carbons (Fsp3) is 0.391. The van der Waals surface area contributed by atoms with Gasteiger partial charge in [-0.25, -0.2) is 4.39 Å². The summed E-state index contributed by atoms with van der Waals surface area (Å²) >= 11 is 0. The number of benzene rings is 2. The Bertz CT molecular complexity index is 1040. The van der Waals surface area contributed by atoms with Gasteiger partial charge in [-0.2, -0.15) is 8.42 Å². The van der Waals surface area contributed by atoms with Gasteiger partial charge in [-0.3, -0.25) is 14.2 Å². The van der Waals surface area contributed by atoms with E-state index < -0.39 is 22.3 Å². The Balaban J connectivity index is 2.12. The highest BCUT2D eigenvalue weighted by Gasteiger charge is 2.35. The molecule has 0 unspecified atom stereocenters. The molecule has 2 aromatic rings. The minimum atomic E-state index is -3.68. The average molecular weight is 431 g/mol. The van der Waals surface area contributed by atoms with E-state index in [1.165, 1.54) is 12.1 Å². The molecule has 0 aliphatic heterocycles. The van der Waals surface area contributed by atoms with E-state index in [-0.39, 0.29) is 24.2 Å². The van der Waals surface area contributed by atoms with Crippen LogP contribution in [0.3, 0.4) is 0 Å². The standard InChI is InChI=1S/C23H27FN2O3S/c1-15-20-8-6-5-7-16(20)11-17-9-10-18(24)12-22(17)23(26-3)21(15)13-19(14-25-2)29-30(4,27)28/h5-10,12,15,19,21,23H,2-3,11,13-14H2,1,4H3/t15-,19+,21+,23-/m0/s1. The second kappa shape index (κ2) is 9.18. The molecule has 0 radical (unpaired) electrons. The monoisotopic (exact) mass is 430 g/mol. The molecule has 0 saturated carbocycles. The van der Waals surface area contributed by atoms with Crippen molar-refractivity contribution in [2.45, 2.75) is 37.8 Å². The Morgan fingerprint density at radius 3 is 2.53 bits per heavy atom. The minimum Gasteiger partial charge on any atom is -0.298 e. The van der Waals surface area contributed by atoms with Crippen molar-refractivity contribution in [3.8, 4) is 0 Å². The lowest BCUT2D eigenvalue weighted by Crippen LogP contribution is -2.30. The van der Waals surface area contributed by atoms with Gasteiger partial charge in [0.15, 0.2) is 0 Å². The smallest absolute Gasteiger partial charge is 0.264 e. The fourth-order valence-electron chi connectivity index (χ4n) is 4.49. The molecule has 1 aliphatic carbocycles. The van der Waals surface area contributed by atoms with Gasteiger partial charge in [-0.1, -0.05) is 37.3 Å². The van der Waals surface area contributed by atoms with E-state index >= 15 is 0 Å². The highest BCUT2D eigenvalue weighted by molar-refractivity contribution is 7.86. The SMILES string of the molecule is C=NC[C@@H](C[C@H]1[C@H](N=C)c2cc(F)ccc2Cc2ccccc2[C@@H]1C)OS(C)(=O)=O. The molecule has 30 heavy (non-hydrogen) atoms. The van der Waals surface area contributed by atoms with Crippen molar-refractivity contribution in [3.05, 3.63) is 70.5 Å². The molecule has 1 aliphatic rings. The summed E-state index contributed by atoms with van der Waals surface area (Å²) in [4.78, 5) is 8.24. The van der Waals surface area contributed by atoms with Gasteiger partial charge in [-0.05, 0) is 72.5 Å². The Morgan fingerprint density at radius 1 is 1.17 bits per heavy atom. The second-order valence-electron chi connectivity index (χ2n) is 7.86. The molecule has 0 fully saturated rings. The van der Waals surface area contributed by atoms with E-state index in [4.69, 9.17) is 4.18 Å².